The van der Waals surface area contributed by atoms with Gasteiger partial charge in [0.1, 0.15) is 0 Å². The maximum absolute atomic E-state index is 12.6. The van der Waals surface area contributed by atoms with Crippen molar-refractivity contribution >= 4 is 17.5 Å². The van der Waals surface area contributed by atoms with Crippen LogP contribution < -0.4 is 19.5 Å². The van der Waals surface area contributed by atoms with Crippen molar-refractivity contribution in [2.75, 3.05) is 59.9 Å². The zero-order valence-electron chi connectivity index (χ0n) is 16.3. The lowest BCUT2D eigenvalue weighted by Gasteiger charge is -2.32. The third kappa shape index (κ3) is 4.10. The van der Waals surface area contributed by atoms with E-state index in [2.05, 4.69) is 10.2 Å². The number of ether oxygens (including phenoxy) is 3. The van der Waals surface area contributed by atoms with Gasteiger partial charge in [-0.15, -0.1) is 0 Å². The molecule has 2 atom stereocenters. The first-order valence-corrected chi connectivity index (χ1v) is 9.06. The van der Waals surface area contributed by atoms with Crippen molar-refractivity contribution in [3.05, 3.63) is 12.1 Å². The summed E-state index contributed by atoms with van der Waals surface area (Å²) in [7, 11) is 6.62. The highest BCUT2D eigenvalue weighted by molar-refractivity contribution is 6.00. The number of carbonyl (C=O) groups excluding carboxylic acids is 2. The summed E-state index contributed by atoms with van der Waals surface area (Å²) in [5.74, 6) is 0.838. The average molecular weight is 377 g/mol. The first kappa shape index (κ1) is 19.3. The lowest BCUT2D eigenvalue weighted by molar-refractivity contribution is -0.135. The maximum atomic E-state index is 12.6. The molecule has 2 fully saturated rings. The molecule has 1 saturated carbocycles. The Bertz CT molecular complexity index is 690. The predicted octanol–water partition coefficient (Wildman–Crippen LogP) is 1.06. The maximum Gasteiger partial charge on any atom is 0.228 e. The third-order valence-electron chi connectivity index (χ3n) is 5.19. The minimum absolute atomic E-state index is 0.0909. The molecule has 3 rings (SSSR count). The lowest BCUT2D eigenvalue weighted by Crippen LogP contribution is -2.48. The number of hydrogen-bond acceptors (Lipinski definition) is 6. The summed E-state index contributed by atoms with van der Waals surface area (Å²) >= 11 is 0. The lowest BCUT2D eigenvalue weighted by atomic mass is 10.2. The number of benzene rings is 1. The molecule has 1 N–H and O–H groups in total. The largest absolute Gasteiger partial charge is 0.493 e. The van der Waals surface area contributed by atoms with E-state index in [0.717, 1.165) is 26.2 Å². The van der Waals surface area contributed by atoms with Crippen LogP contribution in [0.4, 0.5) is 5.69 Å². The zero-order valence-corrected chi connectivity index (χ0v) is 16.3. The van der Waals surface area contributed by atoms with Crippen LogP contribution in [0.2, 0.25) is 0 Å². The van der Waals surface area contributed by atoms with Crippen LogP contribution >= 0.6 is 0 Å². The standard InChI is InChI=1S/C19H27N3O5/c1-21-5-7-22(8-6-21)19(24)14-11-13(14)18(23)20-12-9-15(25-2)17(27-4)16(10-12)26-3/h9-10,13-14H,5-8,11H2,1-4H3,(H,20,23). The van der Waals surface area contributed by atoms with Crippen LogP contribution in [0.3, 0.4) is 0 Å². The quantitative estimate of drug-likeness (QED) is 0.799. The van der Waals surface area contributed by atoms with Crippen LogP contribution in [-0.2, 0) is 9.59 Å². The fraction of sp³-hybridized carbons (Fsp3) is 0.579. The average Bonchev–Trinajstić information content (AvgIpc) is 3.48. The number of carbonyl (C=O) groups is 2. The van der Waals surface area contributed by atoms with E-state index in [-0.39, 0.29) is 23.7 Å². The molecule has 148 valence electrons. The van der Waals surface area contributed by atoms with Crippen LogP contribution in [0.25, 0.3) is 0 Å². The van der Waals surface area contributed by atoms with Gasteiger partial charge in [0.15, 0.2) is 11.5 Å². The van der Waals surface area contributed by atoms with E-state index in [1.165, 1.54) is 21.3 Å². The number of amides is 2. The van der Waals surface area contributed by atoms with Gasteiger partial charge in [-0.1, -0.05) is 0 Å². The highest BCUT2D eigenvalue weighted by Crippen LogP contribution is 2.43. The van der Waals surface area contributed by atoms with Crippen molar-refractivity contribution < 1.29 is 23.8 Å². The first-order chi connectivity index (χ1) is 13.0. The molecule has 8 heteroatoms. The van der Waals surface area contributed by atoms with E-state index in [9.17, 15) is 9.59 Å². The van der Waals surface area contributed by atoms with E-state index in [1.54, 1.807) is 12.1 Å². The molecule has 2 aliphatic rings. The number of likely N-dealkylation sites (N-methyl/N-ethyl adjacent to an activating group) is 1. The van der Waals surface area contributed by atoms with Gasteiger partial charge in [-0.05, 0) is 13.5 Å². The first-order valence-electron chi connectivity index (χ1n) is 9.06. The molecule has 1 saturated heterocycles. The van der Waals surface area contributed by atoms with Gasteiger partial charge in [-0.2, -0.15) is 0 Å². The monoisotopic (exact) mass is 377 g/mol. The topological polar surface area (TPSA) is 80.3 Å². The van der Waals surface area contributed by atoms with Gasteiger partial charge in [-0.3, -0.25) is 9.59 Å². The van der Waals surface area contributed by atoms with Crippen molar-refractivity contribution in [2.45, 2.75) is 6.42 Å². The van der Waals surface area contributed by atoms with Gasteiger partial charge in [0, 0.05) is 44.0 Å². The number of rotatable bonds is 6. The predicted molar refractivity (Wildman–Crippen MR) is 100 cm³/mol. The van der Waals surface area contributed by atoms with E-state index >= 15 is 0 Å². The Morgan fingerprint density at radius 3 is 2.07 bits per heavy atom. The fourth-order valence-corrected chi connectivity index (χ4v) is 3.41. The van der Waals surface area contributed by atoms with Crippen LogP contribution in [0.1, 0.15) is 6.42 Å². The van der Waals surface area contributed by atoms with Gasteiger partial charge in [0.2, 0.25) is 17.6 Å². The molecule has 1 heterocycles. The second-order valence-corrected chi connectivity index (χ2v) is 6.98. The summed E-state index contributed by atoms with van der Waals surface area (Å²) in [6.07, 6.45) is 0.599. The minimum Gasteiger partial charge on any atom is -0.493 e. The summed E-state index contributed by atoms with van der Waals surface area (Å²) in [4.78, 5) is 29.2. The summed E-state index contributed by atoms with van der Waals surface area (Å²) in [5.41, 5.74) is 0.548. The molecule has 2 amide bonds. The highest BCUT2D eigenvalue weighted by atomic mass is 16.5. The molecule has 1 aliphatic heterocycles. The second-order valence-electron chi connectivity index (χ2n) is 6.98. The number of hydrogen-bond donors (Lipinski definition) is 1. The van der Waals surface area contributed by atoms with E-state index in [4.69, 9.17) is 14.2 Å². The Kier molecular flexibility index (Phi) is 5.74. The van der Waals surface area contributed by atoms with Gasteiger partial charge >= 0.3 is 0 Å². The number of methoxy groups -OCH3 is 3. The molecule has 27 heavy (non-hydrogen) atoms. The molecule has 1 aliphatic carbocycles. The molecular formula is C19H27N3O5. The summed E-state index contributed by atoms with van der Waals surface area (Å²) in [6.45, 7) is 3.21. The number of nitrogens with one attached hydrogen (secondary N) is 1. The Balaban J connectivity index is 1.62. The summed E-state index contributed by atoms with van der Waals surface area (Å²) in [5, 5.41) is 2.87. The second kappa shape index (κ2) is 8.04. The SMILES string of the molecule is COc1cc(NC(=O)C2CC2C(=O)N2CCN(C)CC2)cc(OC)c1OC. The molecular weight excluding hydrogens is 350 g/mol. The minimum atomic E-state index is -0.281. The number of piperazine rings is 1. The van der Waals surface area contributed by atoms with E-state index < -0.39 is 0 Å². The van der Waals surface area contributed by atoms with E-state index in [1.807, 2.05) is 11.9 Å². The van der Waals surface area contributed by atoms with E-state index in [0.29, 0.717) is 29.4 Å². The molecule has 0 spiro atoms. The van der Waals surface area contributed by atoms with Gasteiger partial charge in [0.05, 0.1) is 33.2 Å². The van der Waals surface area contributed by atoms with Crippen molar-refractivity contribution in [3.63, 3.8) is 0 Å². The summed E-state index contributed by atoms with van der Waals surface area (Å²) in [6, 6.07) is 3.36. The van der Waals surface area contributed by atoms with Crippen LogP contribution in [0.5, 0.6) is 17.2 Å². The third-order valence-corrected chi connectivity index (χ3v) is 5.19. The normalized spacial score (nSPS) is 22.1. The zero-order chi connectivity index (χ0) is 19.6. The van der Waals surface area contributed by atoms with Crippen LogP contribution in [0.15, 0.2) is 12.1 Å². The smallest absolute Gasteiger partial charge is 0.228 e. The molecule has 0 bridgehead atoms. The van der Waals surface area contributed by atoms with Crippen LogP contribution in [-0.4, -0.2) is 76.2 Å². The Labute approximate surface area is 159 Å². The molecule has 1 aromatic rings. The van der Waals surface area contributed by atoms with Gasteiger partial charge in [0.25, 0.3) is 0 Å². The van der Waals surface area contributed by atoms with Crippen molar-refractivity contribution in [1.82, 2.24) is 9.80 Å². The molecule has 0 aromatic heterocycles. The Morgan fingerprint density at radius 2 is 1.56 bits per heavy atom. The Morgan fingerprint density at radius 1 is 0.963 bits per heavy atom. The van der Waals surface area contributed by atoms with Gasteiger partial charge < -0.3 is 29.3 Å². The number of nitrogens with zero attached hydrogens (tertiary/aromatic N) is 2. The van der Waals surface area contributed by atoms with Gasteiger partial charge in [-0.25, -0.2) is 0 Å². The summed E-state index contributed by atoms with van der Waals surface area (Å²) < 4.78 is 15.9. The van der Waals surface area contributed by atoms with Crippen molar-refractivity contribution in [2.24, 2.45) is 11.8 Å². The molecule has 1 aromatic carbocycles. The fourth-order valence-electron chi connectivity index (χ4n) is 3.41. The van der Waals surface area contributed by atoms with Crippen molar-refractivity contribution in [3.8, 4) is 17.2 Å². The van der Waals surface area contributed by atoms with Crippen molar-refractivity contribution in [1.29, 1.82) is 0 Å². The number of anilines is 1. The highest BCUT2D eigenvalue weighted by Gasteiger charge is 2.49. The molecule has 2 unspecified atom stereocenters. The Hall–Kier alpha value is -2.48. The van der Waals surface area contributed by atoms with Crippen LogP contribution in [0, 0.1) is 11.8 Å². The molecule has 0 radical (unpaired) electrons. The molecule has 8 nitrogen and oxygen atoms in total.